The number of carbonyl (C=O) groups excluding carboxylic acids is 1. The number of phosphoric acid groups is 1. The minimum absolute atomic E-state index is 0.0722. The molecule has 0 aliphatic rings. The third-order valence-electron chi connectivity index (χ3n) is 7.79. The van der Waals surface area contributed by atoms with E-state index in [1.807, 2.05) is 6.08 Å². The average molecular weight is 707 g/mol. The lowest BCUT2D eigenvalue weighted by Gasteiger charge is -2.23. The second-order valence-corrected chi connectivity index (χ2v) is 13.9. The summed E-state index contributed by atoms with van der Waals surface area (Å²) in [7, 11) is -4.33. The summed E-state index contributed by atoms with van der Waals surface area (Å²) in [6.07, 6.45) is 45.4. The summed E-state index contributed by atoms with van der Waals surface area (Å²) in [4.78, 5) is 22.5. The fraction of sp³-hybridized carbons (Fsp3) is 0.675. The summed E-state index contributed by atoms with van der Waals surface area (Å²) < 4.78 is 21.9. The quantitative estimate of drug-likeness (QED) is 0.0298. The molecule has 0 bridgehead atoms. The molecular weight excluding hydrogens is 635 g/mol. The van der Waals surface area contributed by atoms with E-state index in [1.165, 1.54) is 38.5 Å². The van der Waals surface area contributed by atoms with Crippen molar-refractivity contribution in [2.45, 2.75) is 154 Å². The van der Waals surface area contributed by atoms with Crippen molar-refractivity contribution >= 4 is 13.7 Å². The highest BCUT2D eigenvalue weighted by atomic mass is 31.2. The van der Waals surface area contributed by atoms with Crippen LogP contribution in [-0.4, -0.2) is 47.8 Å². The first kappa shape index (κ1) is 46.9. The summed E-state index contributed by atoms with van der Waals surface area (Å²) >= 11 is 0. The summed E-state index contributed by atoms with van der Waals surface area (Å²) in [6, 6.07) is -0.867. The highest BCUT2D eigenvalue weighted by Gasteiger charge is 2.26. The van der Waals surface area contributed by atoms with Crippen LogP contribution in [0.25, 0.3) is 0 Å². The van der Waals surface area contributed by atoms with Crippen LogP contribution in [0.15, 0.2) is 72.9 Å². The first-order chi connectivity index (χ1) is 23.9. The maximum Gasteiger partial charge on any atom is 0.472 e. The molecule has 1 amide bonds. The zero-order chi connectivity index (χ0) is 36.1. The van der Waals surface area contributed by atoms with Gasteiger partial charge in [-0.2, -0.15) is 0 Å². The van der Waals surface area contributed by atoms with Crippen LogP contribution in [-0.2, 0) is 18.4 Å². The molecule has 0 heterocycles. The fourth-order valence-corrected chi connectivity index (χ4v) is 5.68. The number of unbranched alkanes of at least 4 members (excludes halogenated alkanes) is 12. The molecule has 0 fully saturated rings. The van der Waals surface area contributed by atoms with Crippen molar-refractivity contribution in [3.8, 4) is 0 Å². The van der Waals surface area contributed by atoms with E-state index in [1.54, 1.807) is 6.08 Å². The Morgan fingerprint density at radius 2 is 1.18 bits per heavy atom. The molecule has 0 aliphatic carbocycles. The molecule has 3 unspecified atom stereocenters. The number of aliphatic hydroxyl groups excluding tert-OH is 1. The minimum atomic E-state index is -4.33. The topological polar surface area (TPSA) is 131 Å². The maximum atomic E-state index is 12.6. The Morgan fingerprint density at radius 1 is 0.694 bits per heavy atom. The van der Waals surface area contributed by atoms with Gasteiger partial charge in [-0.1, -0.05) is 145 Å². The van der Waals surface area contributed by atoms with Gasteiger partial charge in [0.15, 0.2) is 0 Å². The molecule has 49 heavy (non-hydrogen) atoms. The number of phosphoric ester groups is 1. The second-order valence-electron chi connectivity index (χ2n) is 12.4. The monoisotopic (exact) mass is 707 g/mol. The predicted octanol–water partition coefficient (Wildman–Crippen LogP) is 10.1. The minimum Gasteiger partial charge on any atom is -0.387 e. The van der Waals surface area contributed by atoms with Crippen LogP contribution in [0, 0.1) is 0 Å². The lowest BCUT2D eigenvalue weighted by atomic mass is 10.1. The third-order valence-corrected chi connectivity index (χ3v) is 8.77. The molecule has 0 aromatic carbocycles. The van der Waals surface area contributed by atoms with E-state index in [0.29, 0.717) is 6.42 Å². The van der Waals surface area contributed by atoms with E-state index in [0.717, 1.165) is 83.5 Å². The molecule has 0 saturated heterocycles. The number of aliphatic hydroxyl groups is 1. The van der Waals surface area contributed by atoms with Crippen molar-refractivity contribution in [3.05, 3.63) is 72.9 Å². The van der Waals surface area contributed by atoms with Crippen molar-refractivity contribution in [3.63, 3.8) is 0 Å². The number of hydrogen-bond donors (Lipinski definition) is 4. The summed E-state index contributed by atoms with van der Waals surface area (Å²) in [5.41, 5.74) is 5.34. The average Bonchev–Trinajstić information content (AvgIpc) is 3.09. The number of carbonyl (C=O) groups is 1. The van der Waals surface area contributed by atoms with E-state index >= 15 is 0 Å². The number of nitrogens with one attached hydrogen (secondary N) is 1. The van der Waals surface area contributed by atoms with Crippen LogP contribution in [0.5, 0.6) is 0 Å². The standard InChI is InChI=1S/C40H71N2O6P/c1-3-5-7-9-11-12-13-14-15-16-17-18-19-20-21-22-23-24-25-26-28-30-32-34-40(44)42-38(37-48-49(45,46)47-36-35-41)39(43)33-31-29-27-10-8-6-4-2/h5,7,11-12,14-15,17-18,20-21,31,33,38-39,43H,3-4,6,8-10,13,16,19,22-30,32,34-37,41H2,1-2H3,(H,42,44)(H,45,46)/b7-5-,12-11-,15-14-,18-17-,21-20-,33-31+. The maximum absolute atomic E-state index is 12.6. The lowest BCUT2D eigenvalue weighted by Crippen LogP contribution is -2.45. The van der Waals surface area contributed by atoms with Crippen LogP contribution in [0.2, 0.25) is 0 Å². The molecule has 0 rings (SSSR count). The Balaban J connectivity index is 4.14. The van der Waals surface area contributed by atoms with E-state index < -0.39 is 20.0 Å². The lowest BCUT2D eigenvalue weighted by molar-refractivity contribution is -0.123. The molecule has 3 atom stereocenters. The molecule has 8 nitrogen and oxygen atoms in total. The van der Waals surface area contributed by atoms with E-state index in [-0.39, 0.29) is 25.7 Å². The van der Waals surface area contributed by atoms with Gasteiger partial charge in [0, 0.05) is 13.0 Å². The Kier molecular flexibility index (Phi) is 34.3. The van der Waals surface area contributed by atoms with Crippen LogP contribution >= 0.6 is 7.82 Å². The molecule has 9 heteroatoms. The SMILES string of the molecule is CC/C=C\C/C=C\C/C=C\C/C=C\C/C=C\CCCCCCCCCC(=O)NC(COP(=O)(O)OCCN)C(O)/C=C/CCCCCCC. The smallest absolute Gasteiger partial charge is 0.387 e. The highest BCUT2D eigenvalue weighted by molar-refractivity contribution is 7.47. The molecule has 0 saturated carbocycles. The number of amides is 1. The number of hydrogen-bond acceptors (Lipinski definition) is 6. The van der Waals surface area contributed by atoms with Gasteiger partial charge in [0.1, 0.15) is 0 Å². The van der Waals surface area contributed by atoms with Crippen LogP contribution in [0.4, 0.5) is 0 Å². The van der Waals surface area contributed by atoms with Gasteiger partial charge in [0.25, 0.3) is 0 Å². The number of nitrogens with two attached hydrogens (primary N) is 1. The fourth-order valence-electron chi connectivity index (χ4n) is 4.92. The van der Waals surface area contributed by atoms with Crippen LogP contribution in [0.1, 0.15) is 142 Å². The van der Waals surface area contributed by atoms with Gasteiger partial charge in [-0.05, 0) is 64.2 Å². The Bertz CT molecular complexity index is 991. The zero-order valence-electron chi connectivity index (χ0n) is 30.9. The summed E-state index contributed by atoms with van der Waals surface area (Å²) in [5.74, 6) is -0.215. The zero-order valence-corrected chi connectivity index (χ0v) is 31.8. The highest BCUT2D eigenvalue weighted by Crippen LogP contribution is 2.43. The van der Waals surface area contributed by atoms with E-state index in [2.05, 4.69) is 79.9 Å². The van der Waals surface area contributed by atoms with Gasteiger partial charge >= 0.3 is 7.82 Å². The summed E-state index contributed by atoms with van der Waals surface area (Å²) in [6.45, 7) is 3.92. The molecule has 0 aromatic heterocycles. The Hall–Kier alpha value is -2.06. The van der Waals surface area contributed by atoms with Crippen molar-refractivity contribution in [2.24, 2.45) is 5.73 Å². The van der Waals surface area contributed by atoms with Gasteiger partial charge < -0.3 is 21.1 Å². The largest absolute Gasteiger partial charge is 0.472 e. The first-order valence-electron chi connectivity index (χ1n) is 19.1. The molecule has 0 radical (unpaired) electrons. The number of rotatable bonds is 34. The summed E-state index contributed by atoms with van der Waals surface area (Å²) in [5, 5.41) is 13.5. The third kappa shape index (κ3) is 34.2. The Morgan fingerprint density at radius 3 is 1.73 bits per heavy atom. The molecule has 5 N–H and O–H groups in total. The van der Waals surface area contributed by atoms with Crippen molar-refractivity contribution in [1.29, 1.82) is 0 Å². The van der Waals surface area contributed by atoms with Crippen LogP contribution in [0.3, 0.4) is 0 Å². The van der Waals surface area contributed by atoms with Crippen molar-refractivity contribution in [1.82, 2.24) is 5.32 Å². The van der Waals surface area contributed by atoms with Gasteiger partial charge in [0.05, 0.1) is 25.4 Å². The van der Waals surface area contributed by atoms with Crippen molar-refractivity contribution < 1.29 is 28.4 Å². The second kappa shape index (κ2) is 35.8. The number of allylic oxidation sites excluding steroid dienone is 11. The van der Waals surface area contributed by atoms with Crippen LogP contribution < -0.4 is 11.1 Å². The predicted molar refractivity (Wildman–Crippen MR) is 207 cm³/mol. The molecule has 0 aliphatic heterocycles. The molecular formula is C40H71N2O6P. The van der Waals surface area contributed by atoms with E-state index in [4.69, 9.17) is 14.8 Å². The molecule has 0 aromatic rings. The molecule has 282 valence electrons. The van der Waals surface area contributed by atoms with Gasteiger partial charge in [-0.15, -0.1) is 0 Å². The van der Waals surface area contributed by atoms with Gasteiger partial charge in [0.2, 0.25) is 5.91 Å². The van der Waals surface area contributed by atoms with Gasteiger partial charge in [-0.25, -0.2) is 4.57 Å². The first-order valence-corrected chi connectivity index (χ1v) is 20.6. The Labute approximate surface area is 299 Å². The molecule has 0 spiro atoms. The normalized spacial score (nSPS) is 15.1. The van der Waals surface area contributed by atoms with Gasteiger partial charge in [-0.3, -0.25) is 13.8 Å². The van der Waals surface area contributed by atoms with Crippen molar-refractivity contribution in [2.75, 3.05) is 19.8 Å². The van der Waals surface area contributed by atoms with E-state index in [9.17, 15) is 19.4 Å².